The average Bonchev–Trinajstić information content (AvgIpc) is 2.68. The summed E-state index contributed by atoms with van der Waals surface area (Å²) in [5.41, 5.74) is 2.57. The lowest BCUT2D eigenvalue weighted by atomic mass is 10.0. The van der Waals surface area contributed by atoms with Crippen LogP contribution >= 0.6 is 0 Å². The predicted molar refractivity (Wildman–Crippen MR) is 97.7 cm³/mol. The van der Waals surface area contributed by atoms with Gasteiger partial charge in [0.25, 0.3) is 5.91 Å². The Morgan fingerprint density at radius 2 is 1.58 bits per heavy atom. The van der Waals surface area contributed by atoms with Crippen molar-refractivity contribution in [1.82, 2.24) is 10.2 Å². The molecule has 2 N–H and O–H groups in total. The van der Waals surface area contributed by atoms with E-state index in [-0.39, 0.29) is 0 Å². The zero-order valence-corrected chi connectivity index (χ0v) is 14.8. The quantitative estimate of drug-likeness (QED) is 0.727. The van der Waals surface area contributed by atoms with Gasteiger partial charge in [-0.2, -0.15) is 0 Å². The van der Waals surface area contributed by atoms with Crippen molar-refractivity contribution in [1.29, 1.82) is 0 Å². The van der Waals surface area contributed by atoms with Gasteiger partial charge in [-0.15, -0.1) is 0 Å². The number of carbonyl (C=O) groups is 3. The second-order valence-electron chi connectivity index (χ2n) is 5.92. The van der Waals surface area contributed by atoms with E-state index in [1.165, 1.54) is 14.1 Å². The molecule has 0 aliphatic heterocycles. The van der Waals surface area contributed by atoms with E-state index in [4.69, 9.17) is 5.11 Å². The van der Waals surface area contributed by atoms with Gasteiger partial charge in [0.2, 0.25) is 5.91 Å². The van der Waals surface area contributed by atoms with Crippen LogP contribution in [0.2, 0.25) is 0 Å². The van der Waals surface area contributed by atoms with Crippen LogP contribution in [0.5, 0.6) is 0 Å². The number of likely N-dealkylation sites (N-methyl/N-ethyl adjacent to an activating group) is 2. The molecule has 0 fully saturated rings. The van der Waals surface area contributed by atoms with Gasteiger partial charge in [0.15, 0.2) is 11.8 Å². The first-order valence-corrected chi connectivity index (χ1v) is 8.23. The van der Waals surface area contributed by atoms with E-state index < -0.39 is 30.2 Å². The predicted octanol–water partition coefficient (Wildman–Crippen LogP) is 1.03. The molecule has 0 heterocycles. The molecule has 2 rings (SSSR count). The van der Waals surface area contributed by atoms with E-state index in [9.17, 15) is 14.4 Å². The summed E-state index contributed by atoms with van der Waals surface area (Å²) in [6.07, 6.45) is 0.745. The Kier molecular flexibility index (Phi) is 6.63. The van der Waals surface area contributed by atoms with Crippen molar-refractivity contribution in [3.63, 3.8) is 0 Å². The van der Waals surface area contributed by atoms with Crippen LogP contribution in [0, 0.1) is 0 Å². The second-order valence-corrected chi connectivity index (χ2v) is 5.92. The van der Waals surface area contributed by atoms with E-state index in [0.29, 0.717) is 5.56 Å². The second kappa shape index (κ2) is 8.92. The third kappa shape index (κ3) is 4.55. The maximum absolute atomic E-state index is 12.6. The van der Waals surface area contributed by atoms with Crippen LogP contribution in [0.15, 0.2) is 54.6 Å². The number of carbonyl (C=O) groups excluding carboxylic acids is 3. The van der Waals surface area contributed by atoms with E-state index in [0.717, 1.165) is 22.4 Å². The Balaban J connectivity index is 2.15. The van der Waals surface area contributed by atoms with Crippen molar-refractivity contribution in [2.75, 3.05) is 20.7 Å². The van der Waals surface area contributed by atoms with Crippen molar-refractivity contribution >= 4 is 17.6 Å². The van der Waals surface area contributed by atoms with Gasteiger partial charge in [-0.3, -0.25) is 14.4 Å². The smallest absolute Gasteiger partial charge is 0.254 e. The van der Waals surface area contributed by atoms with Crippen molar-refractivity contribution in [3.05, 3.63) is 71.3 Å². The fourth-order valence-corrected chi connectivity index (χ4v) is 2.68. The van der Waals surface area contributed by atoms with E-state index in [2.05, 4.69) is 5.32 Å². The fourth-order valence-electron chi connectivity index (χ4n) is 2.68. The lowest BCUT2D eigenvalue weighted by molar-refractivity contribution is -0.135. The maximum atomic E-state index is 12.6. The minimum atomic E-state index is -1.36. The standard InChI is InChI=1S/C20H22N2O4/c1-21-19(25)18(17(24)13-23)22(2)20(26)16-10-8-15(9-11-16)12-14-6-4-3-5-7-14/h3-11,18,23H,12-13H2,1-2H3,(H,21,25). The Bertz CT molecular complexity index is 756. The molecule has 6 nitrogen and oxygen atoms in total. The molecule has 0 aliphatic carbocycles. The van der Waals surface area contributed by atoms with Gasteiger partial charge in [-0.1, -0.05) is 42.5 Å². The summed E-state index contributed by atoms with van der Waals surface area (Å²) in [5, 5.41) is 11.4. The minimum Gasteiger partial charge on any atom is -0.388 e. The molecule has 6 heteroatoms. The summed E-state index contributed by atoms with van der Waals surface area (Å²) in [5.74, 6) is -1.84. The number of ketones is 1. The summed E-state index contributed by atoms with van der Waals surface area (Å²) < 4.78 is 0. The molecule has 2 aromatic rings. The van der Waals surface area contributed by atoms with Crippen LogP contribution < -0.4 is 5.32 Å². The maximum Gasteiger partial charge on any atom is 0.254 e. The van der Waals surface area contributed by atoms with Crippen LogP contribution in [-0.2, 0) is 16.0 Å². The zero-order valence-electron chi connectivity index (χ0n) is 14.8. The highest BCUT2D eigenvalue weighted by atomic mass is 16.3. The highest BCUT2D eigenvalue weighted by Gasteiger charge is 2.32. The number of aliphatic hydroxyl groups is 1. The molecule has 0 saturated heterocycles. The number of benzene rings is 2. The molecule has 1 atom stereocenters. The zero-order chi connectivity index (χ0) is 19.1. The lowest BCUT2D eigenvalue weighted by Crippen LogP contribution is -2.52. The number of nitrogens with zero attached hydrogens (tertiary/aromatic N) is 1. The van der Waals surface area contributed by atoms with Gasteiger partial charge in [-0.05, 0) is 29.7 Å². The summed E-state index contributed by atoms with van der Waals surface area (Å²) in [6.45, 7) is -0.814. The summed E-state index contributed by atoms with van der Waals surface area (Å²) >= 11 is 0. The molecule has 2 amide bonds. The number of aliphatic hydroxyl groups excluding tert-OH is 1. The molecular weight excluding hydrogens is 332 g/mol. The molecule has 2 aromatic carbocycles. The molecular formula is C20H22N2O4. The Morgan fingerprint density at radius 3 is 2.12 bits per heavy atom. The molecule has 26 heavy (non-hydrogen) atoms. The number of Topliss-reactive ketones (excluding diaryl/α,β-unsaturated/α-hetero) is 1. The first-order valence-electron chi connectivity index (χ1n) is 8.23. The van der Waals surface area contributed by atoms with Gasteiger partial charge >= 0.3 is 0 Å². The molecule has 0 aliphatic rings. The van der Waals surface area contributed by atoms with E-state index in [1.807, 2.05) is 42.5 Å². The first-order chi connectivity index (χ1) is 12.5. The average molecular weight is 354 g/mol. The molecule has 136 valence electrons. The number of nitrogens with one attached hydrogen (secondary N) is 1. The van der Waals surface area contributed by atoms with Crippen molar-refractivity contribution in [3.8, 4) is 0 Å². The molecule has 0 spiro atoms. The summed E-state index contributed by atoms with van der Waals surface area (Å²) in [6, 6.07) is 15.6. The van der Waals surface area contributed by atoms with Gasteiger partial charge in [0, 0.05) is 19.7 Å². The molecule has 0 saturated carbocycles. The van der Waals surface area contributed by atoms with Gasteiger partial charge in [0.1, 0.15) is 6.61 Å². The summed E-state index contributed by atoms with van der Waals surface area (Å²) in [7, 11) is 2.74. The lowest BCUT2D eigenvalue weighted by Gasteiger charge is -2.25. The number of hydrogen-bond donors (Lipinski definition) is 2. The highest BCUT2D eigenvalue weighted by molar-refractivity contribution is 6.10. The SMILES string of the molecule is CNC(=O)C(C(=O)CO)N(C)C(=O)c1ccc(Cc2ccccc2)cc1. The van der Waals surface area contributed by atoms with Crippen LogP contribution in [-0.4, -0.2) is 54.3 Å². The monoisotopic (exact) mass is 354 g/mol. The third-order valence-corrected chi connectivity index (χ3v) is 4.12. The number of amides is 2. The van der Waals surface area contributed by atoms with E-state index in [1.54, 1.807) is 12.1 Å². The van der Waals surface area contributed by atoms with Crippen molar-refractivity contribution < 1.29 is 19.5 Å². The Hall–Kier alpha value is -2.99. The molecule has 1 unspecified atom stereocenters. The topological polar surface area (TPSA) is 86.7 Å². The van der Waals surface area contributed by atoms with Crippen LogP contribution in [0.1, 0.15) is 21.5 Å². The summed E-state index contributed by atoms with van der Waals surface area (Å²) in [4.78, 5) is 37.4. The minimum absolute atomic E-state index is 0.365. The molecule has 0 bridgehead atoms. The third-order valence-electron chi connectivity index (χ3n) is 4.12. The number of hydrogen-bond acceptors (Lipinski definition) is 4. The molecule has 0 aromatic heterocycles. The van der Waals surface area contributed by atoms with Crippen molar-refractivity contribution in [2.45, 2.75) is 12.5 Å². The van der Waals surface area contributed by atoms with Crippen LogP contribution in [0.3, 0.4) is 0 Å². The Morgan fingerprint density at radius 1 is 1.00 bits per heavy atom. The largest absolute Gasteiger partial charge is 0.388 e. The molecule has 0 radical (unpaired) electrons. The van der Waals surface area contributed by atoms with Gasteiger partial charge in [-0.25, -0.2) is 0 Å². The normalized spacial score (nSPS) is 11.5. The van der Waals surface area contributed by atoms with Crippen molar-refractivity contribution in [2.24, 2.45) is 0 Å². The van der Waals surface area contributed by atoms with Gasteiger partial charge in [0.05, 0.1) is 0 Å². The number of rotatable bonds is 7. The van der Waals surface area contributed by atoms with Crippen LogP contribution in [0.25, 0.3) is 0 Å². The first kappa shape index (κ1) is 19.3. The Labute approximate surface area is 152 Å². The van der Waals surface area contributed by atoms with Crippen LogP contribution in [0.4, 0.5) is 0 Å². The fraction of sp³-hybridized carbons (Fsp3) is 0.250. The van der Waals surface area contributed by atoms with E-state index >= 15 is 0 Å². The van der Waals surface area contributed by atoms with Gasteiger partial charge < -0.3 is 15.3 Å². The highest BCUT2D eigenvalue weighted by Crippen LogP contribution is 2.13.